The van der Waals surface area contributed by atoms with Crippen LogP contribution >= 0.6 is 0 Å². The summed E-state index contributed by atoms with van der Waals surface area (Å²) in [7, 11) is 0. The molecule has 80 valence electrons. The van der Waals surface area contributed by atoms with Crippen molar-refractivity contribution in [2.75, 3.05) is 0 Å². The third kappa shape index (κ3) is 2.37. The summed E-state index contributed by atoms with van der Waals surface area (Å²) in [6.07, 6.45) is 6.55. The highest BCUT2D eigenvalue weighted by atomic mass is 16.4. The first kappa shape index (κ1) is 11.3. The Morgan fingerprint density at radius 2 is 1.93 bits per heavy atom. The highest BCUT2D eigenvalue weighted by molar-refractivity contribution is 5.75. The third-order valence-corrected chi connectivity index (χ3v) is 3.35. The SMILES string of the molecule is C=C(CC)CC1(C(=O)O)CCCCC1. The van der Waals surface area contributed by atoms with Gasteiger partial charge in [-0.2, -0.15) is 0 Å². The minimum atomic E-state index is -0.619. The molecule has 0 spiro atoms. The van der Waals surface area contributed by atoms with Crippen LogP contribution in [-0.4, -0.2) is 11.1 Å². The highest BCUT2D eigenvalue weighted by Crippen LogP contribution is 2.41. The largest absolute Gasteiger partial charge is 0.481 e. The van der Waals surface area contributed by atoms with Gasteiger partial charge in [0.15, 0.2) is 0 Å². The van der Waals surface area contributed by atoms with Crippen LogP contribution in [0.25, 0.3) is 0 Å². The Bertz CT molecular complexity index is 224. The Hall–Kier alpha value is -0.790. The minimum absolute atomic E-state index is 0.481. The summed E-state index contributed by atoms with van der Waals surface area (Å²) in [5.74, 6) is -0.619. The molecule has 1 rings (SSSR count). The maximum absolute atomic E-state index is 11.3. The maximum Gasteiger partial charge on any atom is 0.309 e. The molecule has 1 aliphatic carbocycles. The molecule has 0 aromatic heterocycles. The fourth-order valence-corrected chi connectivity index (χ4v) is 2.30. The molecule has 0 atom stereocenters. The van der Waals surface area contributed by atoms with Crippen molar-refractivity contribution < 1.29 is 9.90 Å². The fourth-order valence-electron chi connectivity index (χ4n) is 2.30. The van der Waals surface area contributed by atoms with E-state index in [2.05, 4.69) is 6.58 Å². The topological polar surface area (TPSA) is 37.3 Å². The van der Waals surface area contributed by atoms with E-state index < -0.39 is 11.4 Å². The number of carboxylic acids is 1. The molecule has 0 heterocycles. The molecule has 1 fully saturated rings. The zero-order valence-corrected chi connectivity index (χ0v) is 9.01. The van der Waals surface area contributed by atoms with E-state index >= 15 is 0 Å². The lowest BCUT2D eigenvalue weighted by atomic mass is 9.70. The zero-order valence-electron chi connectivity index (χ0n) is 9.01. The third-order valence-electron chi connectivity index (χ3n) is 3.35. The summed E-state index contributed by atoms with van der Waals surface area (Å²) in [5.41, 5.74) is 0.597. The van der Waals surface area contributed by atoms with Crippen LogP contribution in [0.3, 0.4) is 0 Å². The number of hydrogen-bond donors (Lipinski definition) is 1. The predicted octanol–water partition coefficient (Wildman–Crippen LogP) is 3.38. The Morgan fingerprint density at radius 1 is 1.36 bits per heavy atom. The van der Waals surface area contributed by atoms with Crippen LogP contribution in [0.5, 0.6) is 0 Å². The summed E-state index contributed by atoms with van der Waals surface area (Å²) in [5, 5.41) is 9.29. The second-order valence-electron chi connectivity index (χ2n) is 4.43. The summed E-state index contributed by atoms with van der Waals surface area (Å²) < 4.78 is 0. The van der Waals surface area contributed by atoms with Crippen molar-refractivity contribution in [2.24, 2.45) is 5.41 Å². The molecule has 0 unspecified atom stereocenters. The van der Waals surface area contributed by atoms with Gasteiger partial charge in [-0.1, -0.05) is 38.3 Å². The smallest absolute Gasteiger partial charge is 0.309 e. The molecule has 0 aromatic rings. The van der Waals surface area contributed by atoms with E-state index in [0.717, 1.165) is 37.7 Å². The van der Waals surface area contributed by atoms with Gasteiger partial charge in [-0.15, -0.1) is 0 Å². The number of aliphatic carboxylic acids is 1. The van der Waals surface area contributed by atoms with Gasteiger partial charge in [-0.3, -0.25) is 4.79 Å². The molecule has 0 aliphatic heterocycles. The molecule has 14 heavy (non-hydrogen) atoms. The van der Waals surface area contributed by atoms with Crippen molar-refractivity contribution in [3.63, 3.8) is 0 Å². The number of hydrogen-bond acceptors (Lipinski definition) is 1. The van der Waals surface area contributed by atoms with Gasteiger partial charge in [0, 0.05) is 0 Å². The summed E-state index contributed by atoms with van der Waals surface area (Å²) in [6, 6.07) is 0. The molecule has 0 bridgehead atoms. The molecule has 1 aliphatic rings. The highest BCUT2D eigenvalue weighted by Gasteiger charge is 2.39. The average Bonchev–Trinajstić information content (AvgIpc) is 2.19. The van der Waals surface area contributed by atoms with Crippen LogP contribution in [0.15, 0.2) is 12.2 Å². The second-order valence-corrected chi connectivity index (χ2v) is 4.43. The van der Waals surface area contributed by atoms with Gasteiger partial charge in [0.2, 0.25) is 0 Å². The van der Waals surface area contributed by atoms with Crippen molar-refractivity contribution in [3.05, 3.63) is 12.2 Å². The molecule has 0 radical (unpaired) electrons. The van der Waals surface area contributed by atoms with Gasteiger partial charge in [-0.05, 0) is 25.7 Å². The van der Waals surface area contributed by atoms with Crippen molar-refractivity contribution in [2.45, 2.75) is 51.9 Å². The van der Waals surface area contributed by atoms with Gasteiger partial charge < -0.3 is 5.11 Å². The van der Waals surface area contributed by atoms with Gasteiger partial charge in [0.05, 0.1) is 5.41 Å². The molecule has 2 nitrogen and oxygen atoms in total. The molecule has 1 N–H and O–H groups in total. The number of carbonyl (C=O) groups is 1. The lowest BCUT2D eigenvalue weighted by molar-refractivity contribution is -0.151. The molecule has 2 heteroatoms. The van der Waals surface area contributed by atoms with Crippen LogP contribution in [0.2, 0.25) is 0 Å². The summed E-state index contributed by atoms with van der Waals surface area (Å²) in [4.78, 5) is 11.3. The fraction of sp³-hybridized carbons (Fsp3) is 0.750. The average molecular weight is 196 g/mol. The molecular weight excluding hydrogens is 176 g/mol. The molecular formula is C12H20O2. The van der Waals surface area contributed by atoms with Crippen molar-refractivity contribution in [1.82, 2.24) is 0 Å². The number of carboxylic acid groups (broad SMARTS) is 1. The van der Waals surface area contributed by atoms with E-state index in [0.29, 0.717) is 6.42 Å². The molecule has 0 amide bonds. The van der Waals surface area contributed by atoms with Crippen LogP contribution in [-0.2, 0) is 4.79 Å². The number of rotatable bonds is 4. The first-order valence-corrected chi connectivity index (χ1v) is 5.51. The Balaban J connectivity index is 2.70. The quantitative estimate of drug-likeness (QED) is 0.700. The van der Waals surface area contributed by atoms with Crippen molar-refractivity contribution in [3.8, 4) is 0 Å². The monoisotopic (exact) mass is 196 g/mol. The van der Waals surface area contributed by atoms with Crippen LogP contribution in [0.4, 0.5) is 0 Å². The summed E-state index contributed by atoms with van der Waals surface area (Å²) in [6.45, 7) is 5.97. The molecule has 0 saturated heterocycles. The van der Waals surface area contributed by atoms with Crippen LogP contribution in [0, 0.1) is 5.41 Å². The first-order chi connectivity index (χ1) is 6.60. The summed E-state index contributed by atoms with van der Waals surface area (Å²) >= 11 is 0. The van der Waals surface area contributed by atoms with Gasteiger partial charge >= 0.3 is 5.97 Å². The Morgan fingerprint density at radius 3 is 2.36 bits per heavy atom. The zero-order chi connectivity index (χ0) is 10.6. The van der Waals surface area contributed by atoms with Crippen LogP contribution in [0.1, 0.15) is 51.9 Å². The Labute approximate surface area is 86.0 Å². The van der Waals surface area contributed by atoms with E-state index in [4.69, 9.17) is 0 Å². The van der Waals surface area contributed by atoms with Gasteiger partial charge in [0.1, 0.15) is 0 Å². The minimum Gasteiger partial charge on any atom is -0.481 e. The predicted molar refractivity (Wildman–Crippen MR) is 57.2 cm³/mol. The van der Waals surface area contributed by atoms with E-state index in [9.17, 15) is 9.90 Å². The van der Waals surface area contributed by atoms with Gasteiger partial charge in [0.25, 0.3) is 0 Å². The number of allylic oxidation sites excluding steroid dienone is 1. The van der Waals surface area contributed by atoms with E-state index in [-0.39, 0.29) is 0 Å². The lowest BCUT2D eigenvalue weighted by Gasteiger charge is -2.33. The van der Waals surface area contributed by atoms with Crippen molar-refractivity contribution >= 4 is 5.97 Å². The van der Waals surface area contributed by atoms with Gasteiger partial charge in [-0.25, -0.2) is 0 Å². The maximum atomic E-state index is 11.3. The van der Waals surface area contributed by atoms with Crippen LogP contribution < -0.4 is 0 Å². The van der Waals surface area contributed by atoms with E-state index in [1.54, 1.807) is 0 Å². The molecule has 0 aromatic carbocycles. The lowest BCUT2D eigenvalue weighted by Crippen LogP contribution is -2.33. The Kier molecular flexibility index (Phi) is 3.73. The standard InChI is InChI=1S/C12H20O2/c1-3-10(2)9-12(11(13)14)7-5-4-6-8-12/h2-9H2,1H3,(H,13,14). The second kappa shape index (κ2) is 4.63. The normalized spacial score (nSPS) is 20.4. The first-order valence-electron chi connectivity index (χ1n) is 5.51. The van der Waals surface area contributed by atoms with E-state index in [1.807, 2.05) is 6.92 Å². The molecule has 1 saturated carbocycles. The van der Waals surface area contributed by atoms with Crippen molar-refractivity contribution in [1.29, 1.82) is 0 Å². The van der Waals surface area contributed by atoms with E-state index in [1.165, 1.54) is 6.42 Å².